The van der Waals surface area contributed by atoms with Crippen molar-refractivity contribution in [2.45, 2.75) is 24.8 Å². The Labute approximate surface area is 120 Å². The molecular weight excluding hydrogens is 277 g/mol. The normalized spacial score (nSPS) is 21.6. The molecule has 0 radical (unpaired) electrons. The van der Waals surface area contributed by atoms with E-state index in [1.54, 1.807) is 19.2 Å². The molecule has 2 aromatic rings. The third-order valence-electron chi connectivity index (χ3n) is 3.79. The lowest BCUT2D eigenvalue weighted by atomic mass is 9.78. The van der Waals surface area contributed by atoms with Gasteiger partial charge in [0, 0.05) is 22.4 Å². The maximum Gasteiger partial charge on any atom is 0.180 e. The highest BCUT2D eigenvalue weighted by molar-refractivity contribution is 7.15. The molecule has 3 rings (SSSR count). The Balaban J connectivity index is 2.01. The van der Waals surface area contributed by atoms with Crippen LogP contribution in [-0.4, -0.2) is 12.1 Å². The number of benzene rings is 1. The Morgan fingerprint density at radius 3 is 3.00 bits per heavy atom. The van der Waals surface area contributed by atoms with Crippen LogP contribution in [0.4, 0.5) is 9.52 Å². The van der Waals surface area contributed by atoms with E-state index in [1.807, 2.05) is 0 Å². The molecule has 0 saturated carbocycles. The van der Waals surface area contributed by atoms with Crippen molar-refractivity contribution in [3.63, 3.8) is 0 Å². The lowest BCUT2D eigenvalue weighted by molar-refractivity contribution is 0.362. The zero-order chi connectivity index (χ0) is 14.3. The predicted octanol–water partition coefficient (Wildman–Crippen LogP) is 2.22. The molecular formula is C14H16FN3OS. The van der Waals surface area contributed by atoms with Crippen LogP contribution in [0.1, 0.15) is 22.6 Å². The van der Waals surface area contributed by atoms with Gasteiger partial charge in [0.1, 0.15) is 11.6 Å². The molecule has 1 unspecified atom stereocenters. The Morgan fingerprint density at radius 2 is 2.25 bits per heavy atom. The molecule has 1 aromatic heterocycles. The maximum absolute atomic E-state index is 14.1. The molecule has 1 atom stereocenters. The Bertz CT molecular complexity index is 658. The summed E-state index contributed by atoms with van der Waals surface area (Å²) < 4.78 is 19.3. The van der Waals surface area contributed by atoms with Gasteiger partial charge in [0.15, 0.2) is 5.13 Å². The van der Waals surface area contributed by atoms with Crippen LogP contribution in [0.3, 0.4) is 0 Å². The van der Waals surface area contributed by atoms with Gasteiger partial charge in [0.25, 0.3) is 0 Å². The predicted molar refractivity (Wildman–Crippen MR) is 77.4 cm³/mol. The van der Waals surface area contributed by atoms with Gasteiger partial charge in [-0.25, -0.2) is 9.37 Å². The quantitative estimate of drug-likeness (QED) is 0.890. The van der Waals surface area contributed by atoms with Crippen LogP contribution in [0.2, 0.25) is 0 Å². The van der Waals surface area contributed by atoms with Gasteiger partial charge >= 0.3 is 0 Å². The van der Waals surface area contributed by atoms with E-state index in [4.69, 9.17) is 16.2 Å². The summed E-state index contributed by atoms with van der Waals surface area (Å²) in [6.07, 6.45) is 1.92. The summed E-state index contributed by atoms with van der Waals surface area (Å²) in [4.78, 5) is 5.34. The number of methoxy groups -OCH3 is 1. The van der Waals surface area contributed by atoms with Crippen LogP contribution in [0.15, 0.2) is 18.2 Å². The number of hydrogen-bond donors (Lipinski definition) is 2. The van der Waals surface area contributed by atoms with E-state index >= 15 is 0 Å². The van der Waals surface area contributed by atoms with Crippen molar-refractivity contribution in [1.29, 1.82) is 0 Å². The fourth-order valence-electron chi connectivity index (χ4n) is 2.70. The number of aromatic nitrogens is 1. The lowest BCUT2D eigenvalue weighted by Crippen LogP contribution is -2.42. The van der Waals surface area contributed by atoms with Gasteiger partial charge in [-0.15, -0.1) is 11.3 Å². The molecule has 1 aliphatic carbocycles. The van der Waals surface area contributed by atoms with Gasteiger partial charge < -0.3 is 16.2 Å². The number of aryl methyl sites for hydroxylation is 1. The number of nitrogens with zero attached hydrogens (tertiary/aromatic N) is 1. The van der Waals surface area contributed by atoms with Gasteiger partial charge in [-0.1, -0.05) is 0 Å². The maximum atomic E-state index is 14.1. The van der Waals surface area contributed by atoms with Crippen LogP contribution < -0.4 is 16.2 Å². The van der Waals surface area contributed by atoms with E-state index in [-0.39, 0.29) is 5.82 Å². The molecule has 0 bridgehead atoms. The van der Waals surface area contributed by atoms with E-state index in [1.165, 1.54) is 17.4 Å². The Hall–Kier alpha value is -1.66. The summed E-state index contributed by atoms with van der Waals surface area (Å²) >= 11 is 1.44. The molecule has 6 heteroatoms. The summed E-state index contributed by atoms with van der Waals surface area (Å²) in [7, 11) is 1.56. The number of ether oxygens (including phenoxy) is 1. The number of nitrogen functional groups attached to an aromatic ring is 1. The molecule has 1 aliphatic rings. The summed E-state index contributed by atoms with van der Waals surface area (Å²) in [6, 6.07) is 4.69. The number of nitrogens with two attached hydrogens (primary N) is 2. The fourth-order valence-corrected chi connectivity index (χ4v) is 3.70. The zero-order valence-electron chi connectivity index (χ0n) is 11.1. The number of anilines is 1. The zero-order valence-corrected chi connectivity index (χ0v) is 12.0. The average Bonchev–Trinajstić information content (AvgIpc) is 2.78. The molecule has 106 valence electrons. The highest BCUT2D eigenvalue weighted by Gasteiger charge is 2.36. The van der Waals surface area contributed by atoms with Gasteiger partial charge in [-0.3, -0.25) is 0 Å². The van der Waals surface area contributed by atoms with Gasteiger partial charge in [-0.2, -0.15) is 0 Å². The third kappa shape index (κ3) is 2.14. The van der Waals surface area contributed by atoms with Gasteiger partial charge in [0.05, 0.1) is 12.8 Å². The van der Waals surface area contributed by atoms with Crippen LogP contribution in [0, 0.1) is 5.82 Å². The second kappa shape index (κ2) is 4.71. The van der Waals surface area contributed by atoms with Crippen molar-refractivity contribution >= 4 is 16.5 Å². The molecule has 0 amide bonds. The number of hydrogen-bond acceptors (Lipinski definition) is 5. The van der Waals surface area contributed by atoms with Crippen molar-refractivity contribution in [2.75, 3.05) is 12.8 Å². The average molecular weight is 293 g/mol. The van der Waals surface area contributed by atoms with E-state index in [2.05, 4.69) is 4.98 Å². The van der Waals surface area contributed by atoms with Crippen molar-refractivity contribution in [3.05, 3.63) is 40.2 Å². The molecule has 0 fully saturated rings. The van der Waals surface area contributed by atoms with E-state index in [0.29, 0.717) is 29.3 Å². The Kier molecular flexibility index (Phi) is 3.14. The lowest BCUT2D eigenvalue weighted by Gasteiger charge is -2.33. The first kappa shape index (κ1) is 13.3. The number of thiazole rings is 1. The topological polar surface area (TPSA) is 74.2 Å². The smallest absolute Gasteiger partial charge is 0.180 e. The number of fused-ring (bicyclic) bond motifs is 1. The van der Waals surface area contributed by atoms with E-state index in [9.17, 15) is 4.39 Å². The molecule has 1 aromatic carbocycles. The molecule has 20 heavy (non-hydrogen) atoms. The van der Waals surface area contributed by atoms with Gasteiger partial charge in [-0.05, 0) is 31.0 Å². The third-order valence-corrected chi connectivity index (χ3v) is 4.72. The molecule has 0 aliphatic heterocycles. The van der Waals surface area contributed by atoms with Crippen molar-refractivity contribution in [3.8, 4) is 5.75 Å². The van der Waals surface area contributed by atoms with E-state index in [0.717, 1.165) is 17.0 Å². The minimum absolute atomic E-state index is 0.297. The first-order valence-corrected chi connectivity index (χ1v) is 7.20. The number of rotatable bonds is 2. The molecule has 4 nitrogen and oxygen atoms in total. The number of halogens is 1. The van der Waals surface area contributed by atoms with Crippen LogP contribution in [0.25, 0.3) is 0 Å². The monoisotopic (exact) mass is 293 g/mol. The fraction of sp³-hybridized carbons (Fsp3) is 0.357. The first-order chi connectivity index (χ1) is 9.51. The van der Waals surface area contributed by atoms with Crippen LogP contribution in [0.5, 0.6) is 5.75 Å². The van der Waals surface area contributed by atoms with E-state index < -0.39 is 5.54 Å². The largest absolute Gasteiger partial charge is 0.497 e. The summed E-state index contributed by atoms with van der Waals surface area (Å²) in [5.41, 5.74) is 13.0. The second-order valence-electron chi connectivity index (χ2n) is 5.10. The van der Waals surface area contributed by atoms with Crippen LogP contribution >= 0.6 is 11.3 Å². The summed E-state index contributed by atoms with van der Waals surface area (Å²) in [5.74, 6) is 0.315. The SMILES string of the molecule is COc1ccc(F)c(C2(N)CCc3nc(N)sc3C2)c1. The highest BCUT2D eigenvalue weighted by atomic mass is 32.1. The molecule has 0 saturated heterocycles. The minimum Gasteiger partial charge on any atom is -0.497 e. The van der Waals surface area contributed by atoms with Crippen molar-refractivity contribution < 1.29 is 9.13 Å². The summed E-state index contributed by atoms with van der Waals surface area (Å²) in [6.45, 7) is 0. The molecule has 1 heterocycles. The minimum atomic E-state index is -0.732. The standard InChI is InChI=1S/C14H16FN3OS/c1-19-8-2-3-10(15)9(6-8)14(17)5-4-11-12(7-14)20-13(16)18-11/h2-3,6H,4-5,7,17H2,1H3,(H2,16,18). The summed E-state index contributed by atoms with van der Waals surface area (Å²) in [5, 5.41) is 0.547. The second-order valence-corrected chi connectivity index (χ2v) is 6.22. The van der Waals surface area contributed by atoms with Crippen LogP contribution in [-0.2, 0) is 18.4 Å². The molecule has 0 spiro atoms. The molecule has 4 N–H and O–H groups in total. The van der Waals surface area contributed by atoms with Crippen molar-refractivity contribution in [1.82, 2.24) is 4.98 Å². The van der Waals surface area contributed by atoms with Gasteiger partial charge in [0.2, 0.25) is 0 Å². The van der Waals surface area contributed by atoms with Crippen molar-refractivity contribution in [2.24, 2.45) is 5.73 Å². The first-order valence-electron chi connectivity index (χ1n) is 6.39. The Morgan fingerprint density at radius 1 is 1.45 bits per heavy atom. The highest BCUT2D eigenvalue weighted by Crippen LogP contribution is 2.39.